The van der Waals surface area contributed by atoms with Crippen LogP contribution < -0.4 is 5.73 Å². The molecule has 1 saturated carbocycles. The fourth-order valence-electron chi connectivity index (χ4n) is 3.51. The number of furan rings is 1. The first-order valence-corrected chi connectivity index (χ1v) is 8.00. The molecule has 0 aliphatic heterocycles. The van der Waals surface area contributed by atoms with Gasteiger partial charge in [-0.15, -0.1) is 0 Å². The molecule has 1 aliphatic rings. The molecule has 3 atom stereocenters. The second kappa shape index (κ2) is 5.79. The van der Waals surface area contributed by atoms with Crippen LogP contribution in [-0.4, -0.2) is 6.04 Å². The summed E-state index contributed by atoms with van der Waals surface area (Å²) in [5.41, 5.74) is 7.14. The average molecular weight is 292 g/mol. The molecule has 108 valence electrons. The van der Waals surface area contributed by atoms with Crippen LogP contribution in [0.5, 0.6) is 0 Å². The maximum Gasteiger partial charge on any atom is 0.152 e. The molecule has 1 fully saturated rings. The summed E-state index contributed by atoms with van der Waals surface area (Å²) in [7, 11) is 0. The molecule has 3 unspecified atom stereocenters. The van der Waals surface area contributed by atoms with E-state index in [9.17, 15) is 0 Å². The first kappa shape index (κ1) is 14.0. The van der Waals surface area contributed by atoms with E-state index in [1.807, 2.05) is 18.2 Å². The molecule has 0 bridgehead atoms. The lowest BCUT2D eigenvalue weighted by molar-refractivity contribution is 0.254. The Bertz CT molecular complexity index is 592. The lowest BCUT2D eigenvalue weighted by Crippen LogP contribution is -2.34. The van der Waals surface area contributed by atoms with Crippen molar-refractivity contribution in [1.82, 2.24) is 0 Å². The van der Waals surface area contributed by atoms with Gasteiger partial charge in [-0.05, 0) is 37.3 Å². The van der Waals surface area contributed by atoms with Gasteiger partial charge in [-0.3, -0.25) is 0 Å². The molecule has 20 heavy (non-hydrogen) atoms. The van der Waals surface area contributed by atoms with Crippen LogP contribution in [0.15, 0.2) is 28.7 Å². The van der Waals surface area contributed by atoms with E-state index in [2.05, 4.69) is 13.0 Å². The number of halogens is 1. The quantitative estimate of drug-likeness (QED) is 0.855. The van der Waals surface area contributed by atoms with Gasteiger partial charge in [0.05, 0.1) is 5.02 Å². The summed E-state index contributed by atoms with van der Waals surface area (Å²) in [5, 5.41) is 1.76. The minimum atomic E-state index is 0.211. The summed E-state index contributed by atoms with van der Waals surface area (Å²) in [5.74, 6) is 2.14. The van der Waals surface area contributed by atoms with Crippen molar-refractivity contribution < 1.29 is 4.42 Å². The number of hydrogen-bond acceptors (Lipinski definition) is 2. The molecule has 0 amide bonds. The summed E-state index contributed by atoms with van der Waals surface area (Å²) in [6.45, 7) is 2.25. The van der Waals surface area contributed by atoms with Gasteiger partial charge in [-0.1, -0.05) is 43.5 Å². The molecular weight excluding hydrogens is 270 g/mol. The van der Waals surface area contributed by atoms with E-state index in [0.29, 0.717) is 10.9 Å². The zero-order valence-corrected chi connectivity index (χ0v) is 12.7. The van der Waals surface area contributed by atoms with E-state index in [1.54, 1.807) is 0 Å². The van der Waals surface area contributed by atoms with E-state index in [1.165, 1.54) is 19.3 Å². The maximum atomic E-state index is 6.34. The number of fused-ring (bicyclic) bond motifs is 1. The number of benzene rings is 1. The van der Waals surface area contributed by atoms with Gasteiger partial charge in [0.15, 0.2) is 5.58 Å². The van der Waals surface area contributed by atoms with Crippen molar-refractivity contribution in [2.75, 3.05) is 0 Å². The van der Waals surface area contributed by atoms with Gasteiger partial charge in [-0.2, -0.15) is 0 Å². The van der Waals surface area contributed by atoms with Gasteiger partial charge < -0.3 is 10.2 Å². The highest BCUT2D eigenvalue weighted by molar-refractivity contribution is 6.34. The Labute approximate surface area is 125 Å². The minimum absolute atomic E-state index is 0.211. The van der Waals surface area contributed by atoms with Crippen molar-refractivity contribution in [2.24, 2.45) is 11.7 Å². The van der Waals surface area contributed by atoms with Crippen molar-refractivity contribution in [3.63, 3.8) is 0 Å². The first-order valence-electron chi connectivity index (χ1n) is 7.62. The number of hydrogen-bond donors (Lipinski definition) is 1. The van der Waals surface area contributed by atoms with E-state index >= 15 is 0 Å². The smallest absolute Gasteiger partial charge is 0.152 e. The monoisotopic (exact) mass is 291 g/mol. The molecule has 0 spiro atoms. The minimum Gasteiger partial charge on any atom is -0.459 e. The van der Waals surface area contributed by atoms with Gasteiger partial charge in [-0.25, -0.2) is 0 Å². The molecule has 1 aromatic carbocycles. The zero-order chi connectivity index (χ0) is 14.1. The predicted molar refractivity (Wildman–Crippen MR) is 84.2 cm³/mol. The third-order valence-corrected chi connectivity index (χ3v) is 4.89. The van der Waals surface area contributed by atoms with Crippen LogP contribution in [0.3, 0.4) is 0 Å². The first-order chi connectivity index (χ1) is 9.69. The van der Waals surface area contributed by atoms with Crippen LogP contribution in [0, 0.1) is 5.92 Å². The summed E-state index contributed by atoms with van der Waals surface area (Å²) >= 11 is 6.20. The largest absolute Gasteiger partial charge is 0.459 e. The standard InChI is InChI=1S/C17H22ClNO/c1-2-4-11-7-8-15(19)13(9-11)16-10-12-5-3-6-14(18)17(12)20-16/h3,5-6,10-11,13,15H,2,4,7-9,19H2,1H3. The molecular formula is C17H22ClNO. The average Bonchev–Trinajstić information content (AvgIpc) is 2.86. The number of nitrogens with two attached hydrogens (primary N) is 1. The van der Waals surface area contributed by atoms with Crippen LogP contribution in [0.25, 0.3) is 11.0 Å². The molecule has 3 rings (SSSR count). The van der Waals surface area contributed by atoms with Crippen molar-refractivity contribution in [2.45, 2.75) is 51.0 Å². The van der Waals surface area contributed by atoms with E-state index in [0.717, 1.165) is 35.5 Å². The molecule has 0 radical (unpaired) electrons. The third-order valence-electron chi connectivity index (χ3n) is 4.59. The zero-order valence-electron chi connectivity index (χ0n) is 11.9. The second-order valence-corrected chi connectivity index (χ2v) is 6.45. The Hall–Kier alpha value is -0.990. The van der Waals surface area contributed by atoms with Gasteiger partial charge in [0.25, 0.3) is 0 Å². The summed E-state index contributed by atoms with van der Waals surface area (Å²) in [6.07, 6.45) is 6.04. The highest BCUT2D eigenvalue weighted by atomic mass is 35.5. The Balaban J connectivity index is 1.90. The van der Waals surface area contributed by atoms with Crippen molar-refractivity contribution >= 4 is 22.6 Å². The molecule has 1 aromatic heterocycles. The molecule has 2 aromatic rings. The maximum absolute atomic E-state index is 6.34. The normalized spacial score (nSPS) is 27.1. The molecule has 1 heterocycles. The highest BCUT2D eigenvalue weighted by Gasteiger charge is 2.31. The van der Waals surface area contributed by atoms with Crippen molar-refractivity contribution in [3.8, 4) is 0 Å². The fourth-order valence-corrected chi connectivity index (χ4v) is 3.73. The van der Waals surface area contributed by atoms with Crippen LogP contribution in [0.1, 0.15) is 50.7 Å². The Morgan fingerprint density at radius 1 is 1.35 bits per heavy atom. The van der Waals surface area contributed by atoms with Crippen molar-refractivity contribution in [3.05, 3.63) is 35.0 Å². The highest BCUT2D eigenvalue weighted by Crippen LogP contribution is 2.40. The van der Waals surface area contributed by atoms with E-state index in [-0.39, 0.29) is 6.04 Å². The molecule has 3 heteroatoms. The fraction of sp³-hybridized carbons (Fsp3) is 0.529. The topological polar surface area (TPSA) is 39.2 Å². The van der Waals surface area contributed by atoms with E-state index < -0.39 is 0 Å². The predicted octanol–water partition coefficient (Wildman–Crippen LogP) is 5.10. The Morgan fingerprint density at radius 3 is 2.95 bits per heavy atom. The molecule has 2 nitrogen and oxygen atoms in total. The Morgan fingerprint density at radius 2 is 2.20 bits per heavy atom. The van der Waals surface area contributed by atoms with Crippen LogP contribution in [0.4, 0.5) is 0 Å². The van der Waals surface area contributed by atoms with Crippen LogP contribution in [0.2, 0.25) is 5.02 Å². The third kappa shape index (κ3) is 2.59. The lowest BCUT2D eigenvalue weighted by Gasteiger charge is -2.32. The summed E-state index contributed by atoms with van der Waals surface area (Å²) in [4.78, 5) is 0. The molecule has 2 N–H and O–H groups in total. The lowest BCUT2D eigenvalue weighted by atomic mass is 9.75. The second-order valence-electron chi connectivity index (χ2n) is 6.05. The van der Waals surface area contributed by atoms with E-state index in [4.69, 9.17) is 21.8 Å². The van der Waals surface area contributed by atoms with Crippen LogP contribution >= 0.6 is 11.6 Å². The van der Waals surface area contributed by atoms with Gasteiger partial charge >= 0.3 is 0 Å². The number of rotatable bonds is 3. The van der Waals surface area contributed by atoms with Crippen LogP contribution in [-0.2, 0) is 0 Å². The van der Waals surface area contributed by atoms with Gasteiger partial charge in [0.1, 0.15) is 5.76 Å². The summed E-state index contributed by atoms with van der Waals surface area (Å²) < 4.78 is 6.02. The van der Waals surface area contributed by atoms with Crippen molar-refractivity contribution in [1.29, 1.82) is 0 Å². The number of para-hydroxylation sites is 1. The van der Waals surface area contributed by atoms with Gasteiger partial charge in [0, 0.05) is 17.3 Å². The van der Waals surface area contributed by atoms with Gasteiger partial charge in [0.2, 0.25) is 0 Å². The Kier molecular flexibility index (Phi) is 4.04. The molecule has 0 saturated heterocycles. The SMILES string of the molecule is CCCC1CCC(N)C(c2cc3cccc(Cl)c3o2)C1. The molecule has 1 aliphatic carbocycles. The summed E-state index contributed by atoms with van der Waals surface area (Å²) in [6, 6.07) is 8.22.